The van der Waals surface area contributed by atoms with Crippen LogP contribution >= 0.6 is 0 Å². The third-order valence-corrected chi connectivity index (χ3v) is 3.05. The molecular weight excluding hydrogens is 194 g/mol. The Hall–Kier alpha value is -0.940. The molecular formula is C10H17N3O2. The van der Waals surface area contributed by atoms with Crippen molar-refractivity contribution < 1.29 is 9.26 Å². The van der Waals surface area contributed by atoms with Gasteiger partial charge in [-0.1, -0.05) is 5.16 Å². The van der Waals surface area contributed by atoms with E-state index in [4.69, 9.17) is 15.0 Å². The van der Waals surface area contributed by atoms with Crippen LogP contribution in [0.15, 0.2) is 4.52 Å². The van der Waals surface area contributed by atoms with Crippen molar-refractivity contribution in [2.45, 2.75) is 38.3 Å². The van der Waals surface area contributed by atoms with Gasteiger partial charge in [-0.05, 0) is 32.6 Å². The maximum absolute atomic E-state index is 6.16. The molecule has 0 amide bonds. The van der Waals surface area contributed by atoms with Gasteiger partial charge in [0.1, 0.15) is 6.10 Å². The van der Waals surface area contributed by atoms with E-state index < -0.39 is 5.54 Å². The summed E-state index contributed by atoms with van der Waals surface area (Å²) in [6, 6.07) is 0. The quantitative estimate of drug-likeness (QED) is 0.814. The van der Waals surface area contributed by atoms with Crippen molar-refractivity contribution in [1.82, 2.24) is 10.1 Å². The molecule has 2 rings (SSSR count). The van der Waals surface area contributed by atoms with E-state index in [-0.39, 0.29) is 6.10 Å². The number of hydrogen-bond acceptors (Lipinski definition) is 5. The average Bonchev–Trinajstić information content (AvgIpc) is 2.95. The van der Waals surface area contributed by atoms with Crippen LogP contribution in [0.3, 0.4) is 0 Å². The van der Waals surface area contributed by atoms with Crippen molar-refractivity contribution in [3.63, 3.8) is 0 Å². The van der Waals surface area contributed by atoms with E-state index >= 15 is 0 Å². The Morgan fingerprint density at radius 2 is 2.27 bits per heavy atom. The van der Waals surface area contributed by atoms with Gasteiger partial charge in [0, 0.05) is 7.11 Å². The highest BCUT2D eigenvalue weighted by Crippen LogP contribution is 2.43. The summed E-state index contributed by atoms with van der Waals surface area (Å²) in [6.07, 6.45) is 2.13. The summed E-state index contributed by atoms with van der Waals surface area (Å²) in [5.41, 5.74) is 5.67. The Kier molecular flexibility index (Phi) is 2.52. The van der Waals surface area contributed by atoms with Crippen molar-refractivity contribution in [2.24, 2.45) is 11.7 Å². The third-order valence-electron chi connectivity index (χ3n) is 3.05. The molecule has 0 bridgehead atoms. The van der Waals surface area contributed by atoms with Crippen LogP contribution in [0.1, 0.15) is 44.5 Å². The summed E-state index contributed by atoms with van der Waals surface area (Å²) in [5.74, 6) is 1.55. The molecule has 1 saturated carbocycles. The Morgan fingerprint density at radius 3 is 2.80 bits per heavy atom. The first kappa shape index (κ1) is 10.6. The minimum Gasteiger partial charge on any atom is -0.374 e. The number of aromatic nitrogens is 2. The number of hydrogen-bond donors (Lipinski definition) is 1. The van der Waals surface area contributed by atoms with E-state index in [1.54, 1.807) is 7.11 Å². The van der Waals surface area contributed by atoms with E-state index in [2.05, 4.69) is 10.1 Å². The van der Waals surface area contributed by atoms with E-state index in [0.29, 0.717) is 17.6 Å². The lowest BCUT2D eigenvalue weighted by molar-refractivity contribution is 0.109. The average molecular weight is 211 g/mol. The van der Waals surface area contributed by atoms with Crippen LogP contribution in [0.4, 0.5) is 0 Å². The summed E-state index contributed by atoms with van der Waals surface area (Å²) >= 11 is 0. The maximum Gasteiger partial charge on any atom is 0.246 e. The lowest BCUT2D eigenvalue weighted by Crippen LogP contribution is -2.35. The number of rotatable bonds is 4. The predicted molar refractivity (Wildman–Crippen MR) is 54.0 cm³/mol. The van der Waals surface area contributed by atoms with E-state index in [0.717, 1.165) is 12.8 Å². The van der Waals surface area contributed by atoms with Crippen LogP contribution in [-0.2, 0) is 10.3 Å². The first-order valence-electron chi connectivity index (χ1n) is 5.21. The zero-order valence-corrected chi connectivity index (χ0v) is 9.36. The van der Waals surface area contributed by atoms with Crippen LogP contribution in [0.5, 0.6) is 0 Å². The number of nitrogens with zero attached hydrogens (tertiary/aromatic N) is 2. The van der Waals surface area contributed by atoms with Crippen molar-refractivity contribution in [3.05, 3.63) is 11.7 Å². The molecule has 0 spiro atoms. The molecule has 2 atom stereocenters. The number of methoxy groups -OCH3 is 1. The third kappa shape index (κ3) is 1.89. The molecule has 1 fully saturated rings. The monoisotopic (exact) mass is 211 g/mol. The van der Waals surface area contributed by atoms with Crippen molar-refractivity contribution >= 4 is 0 Å². The Morgan fingerprint density at radius 1 is 1.60 bits per heavy atom. The van der Waals surface area contributed by atoms with Gasteiger partial charge in [-0.3, -0.25) is 0 Å². The molecule has 1 aromatic heterocycles. The fourth-order valence-electron chi connectivity index (χ4n) is 1.58. The summed E-state index contributed by atoms with van der Waals surface area (Å²) < 4.78 is 10.3. The molecule has 15 heavy (non-hydrogen) atoms. The maximum atomic E-state index is 6.16. The molecule has 1 aliphatic carbocycles. The van der Waals surface area contributed by atoms with Gasteiger partial charge in [-0.25, -0.2) is 0 Å². The Labute approximate surface area is 89.0 Å². The summed E-state index contributed by atoms with van der Waals surface area (Å²) in [7, 11) is 1.61. The van der Waals surface area contributed by atoms with Gasteiger partial charge in [-0.2, -0.15) is 4.98 Å². The Balaban J connectivity index is 2.19. The van der Waals surface area contributed by atoms with E-state index in [9.17, 15) is 0 Å². The van der Waals surface area contributed by atoms with Crippen molar-refractivity contribution in [1.29, 1.82) is 0 Å². The fraction of sp³-hybridized carbons (Fsp3) is 0.800. The molecule has 1 aromatic rings. The second-order valence-corrected chi connectivity index (χ2v) is 4.39. The van der Waals surface area contributed by atoms with Crippen LogP contribution in [0.25, 0.3) is 0 Å². The van der Waals surface area contributed by atoms with E-state index in [1.807, 2.05) is 13.8 Å². The standard InChI is InChI=1S/C10H17N3O2/c1-6(14-3)8-12-9(15-13-8)10(2,11)7-4-5-7/h6-7H,4-5,11H2,1-3H3. The molecule has 1 aliphatic rings. The minimum absolute atomic E-state index is 0.155. The minimum atomic E-state index is -0.487. The normalized spacial score (nSPS) is 22.4. The molecule has 84 valence electrons. The first-order valence-corrected chi connectivity index (χ1v) is 5.21. The second kappa shape index (κ2) is 3.57. The topological polar surface area (TPSA) is 74.2 Å². The molecule has 1 heterocycles. The van der Waals surface area contributed by atoms with Crippen LogP contribution in [-0.4, -0.2) is 17.3 Å². The largest absolute Gasteiger partial charge is 0.374 e. The van der Waals surface area contributed by atoms with Gasteiger partial charge in [0.05, 0.1) is 5.54 Å². The summed E-state index contributed by atoms with van der Waals surface area (Å²) in [6.45, 7) is 3.82. The lowest BCUT2D eigenvalue weighted by Gasteiger charge is -2.18. The molecule has 5 heteroatoms. The van der Waals surface area contributed by atoms with Gasteiger partial charge >= 0.3 is 0 Å². The summed E-state index contributed by atoms with van der Waals surface area (Å²) in [5, 5.41) is 3.87. The molecule has 0 radical (unpaired) electrons. The lowest BCUT2D eigenvalue weighted by atomic mass is 9.97. The van der Waals surface area contributed by atoms with Crippen LogP contribution in [0.2, 0.25) is 0 Å². The van der Waals surface area contributed by atoms with Crippen molar-refractivity contribution in [3.8, 4) is 0 Å². The number of nitrogens with two attached hydrogens (primary N) is 1. The molecule has 2 N–H and O–H groups in total. The highest BCUT2D eigenvalue weighted by molar-refractivity contribution is 5.07. The van der Waals surface area contributed by atoms with Gasteiger partial charge in [0.25, 0.3) is 0 Å². The molecule has 0 aromatic carbocycles. The molecule has 0 saturated heterocycles. The van der Waals surface area contributed by atoms with Gasteiger partial charge in [0.15, 0.2) is 5.82 Å². The smallest absolute Gasteiger partial charge is 0.246 e. The molecule has 0 aliphatic heterocycles. The van der Waals surface area contributed by atoms with Gasteiger partial charge in [0.2, 0.25) is 5.89 Å². The molecule has 2 unspecified atom stereocenters. The summed E-state index contributed by atoms with van der Waals surface area (Å²) in [4.78, 5) is 4.29. The van der Waals surface area contributed by atoms with Crippen LogP contribution < -0.4 is 5.73 Å². The van der Waals surface area contributed by atoms with Crippen LogP contribution in [0, 0.1) is 5.92 Å². The first-order chi connectivity index (χ1) is 7.05. The highest BCUT2D eigenvalue weighted by atomic mass is 16.5. The number of ether oxygens (including phenoxy) is 1. The van der Waals surface area contributed by atoms with Gasteiger partial charge < -0.3 is 15.0 Å². The second-order valence-electron chi connectivity index (χ2n) is 4.39. The van der Waals surface area contributed by atoms with Gasteiger partial charge in [-0.15, -0.1) is 0 Å². The fourth-order valence-corrected chi connectivity index (χ4v) is 1.58. The Bertz CT molecular complexity index is 344. The SMILES string of the molecule is COC(C)c1noc(C(C)(N)C2CC2)n1. The predicted octanol–water partition coefficient (Wildman–Crippen LogP) is 1.36. The molecule has 5 nitrogen and oxygen atoms in total. The zero-order valence-electron chi connectivity index (χ0n) is 9.36. The zero-order chi connectivity index (χ0) is 11.1. The van der Waals surface area contributed by atoms with Crippen molar-refractivity contribution in [2.75, 3.05) is 7.11 Å². The van der Waals surface area contributed by atoms with E-state index in [1.165, 1.54) is 0 Å². The highest BCUT2D eigenvalue weighted by Gasteiger charge is 2.44.